The first-order valence-corrected chi connectivity index (χ1v) is 8.71. The lowest BCUT2D eigenvalue weighted by Gasteiger charge is -2.33. The fourth-order valence-corrected chi connectivity index (χ4v) is 3.64. The largest absolute Gasteiger partial charge is 0.313 e. The molecule has 1 aromatic rings. The quantitative estimate of drug-likeness (QED) is 0.694. The average Bonchev–Trinajstić information content (AvgIpc) is 3.03. The van der Waals surface area contributed by atoms with Crippen LogP contribution in [0.5, 0.6) is 0 Å². The van der Waals surface area contributed by atoms with Crippen molar-refractivity contribution in [2.45, 2.75) is 31.8 Å². The van der Waals surface area contributed by atoms with E-state index in [2.05, 4.69) is 45.6 Å². The minimum Gasteiger partial charge on any atom is -0.313 e. The Hall–Kier alpha value is -1.27. The molecule has 2 saturated heterocycles. The van der Waals surface area contributed by atoms with E-state index < -0.39 is 0 Å². The van der Waals surface area contributed by atoms with Crippen LogP contribution in [0.15, 0.2) is 36.7 Å². The number of rotatable bonds is 6. The summed E-state index contributed by atoms with van der Waals surface area (Å²) in [5.74, 6) is 0.563. The Kier molecular flexibility index (Phi) is 5.78. The van der Waals surface area contributed by atoms with E-state index in [1.165, 1.54) is 37.1 Å². The molecule has 0 aromatic carbocycles. The van der Waals surface area contributed by atoms with Crippen LogP contribution in [0, 0.1) is 5.92 Å². The summed E-state index contributed by atoms with van der Waals surface area (Å²) in [5, 5.41) is 3.79. The van der Waals surface area contributed by atoms with Crippen molar-refractivity contribution in [1.29, 1.82) is 0 Å². The van der Waals surface area contributed by atoms with E-state index in [0.29, 0.717) is 18.0 Å². The molecule has 0 spiro atoms. The van der Waals surface area contributed by atoms with E-state index in [-0.39, 0.29) is 0 Å². The second kappa shape index (κ2) is 8.02. The highest BCUT2D eigenvalue weighted by Crippen LogP contribution is 2.24. The molecular formula is C18H29N5. The van der Waals surface area contributed by atoms with Gasteiger partial charge in [-0.1, -0.05) is 18.2 Å². The monoisotopic (exact) mass is 315 g/mol. The van der Waals surface area contributed by atoms with Gasteiger partial charge in [-0.05, 0) is 44.5 Å². The molecule has 3 rings (SSSR count). The first-order chi connectivity index (χ1) is 11.2. The maximum Gasteiger partial charge on any atom is 0.0530 e. The molecule has 2 atom stereocenters. The summed E-state index contributed by atoms with van der Waals surface area (Å²) in [6.07, 6.45) is 6.27. The molecule has 2 aliphatic rings. The molecule has 3 N–H and O–H groups in total. The van der Waals surface area contributed by atoms with E-state index in [1.807, 2.05) is 18.5 Å². The number of pyridine rings is 1. The number of nitrogens with zero attached hydrogens (tertiary/aromatic N) is 2. The van der Waals surface area contributed by atoms with Gasteiger partial charge in [-0.15, -0.1) is 0 Å². The highest BCUT2D eigenvalue weighted by Gasteiger charge is 2.29. The minimum atomic E-state index is 0.347. The standard InChI is InChI=1S/C18H29N5/c1-14(2)13-23-8-5-17(6-9-23)20-11-16-12-21-22-18(16)15-4-3-7-19-10-15/h3-4,7,10,16-18,20-22H,1,5-6,8-9,11-13H2,2H3. The third-order valence-electron chi connectivity index (χ3n) is 4.89. The molecule has 2 unspecified atom stereocenters. The summed E-state index contributed by atoms with van der Waals surface area (Å²) in [4.78, 5) is 6.76. The van der Waals surface area contributed by atoms with Gasteiger partial charge in [0.15, 0.2) is 0 Å². The Morgan fingerprint density at radius 1 is 1.43 bits per heavy atom. The molecule has 23 heavy (non-hydrogen) atoms. The summed E-state index contributed by atoms with van der Waals surface area (Å²) in [5.41, 5.74) is 9.22. The highest BCUT2D eigenvalue weighted by molar-refractivity contribution is 5.16. The molecule has 2 aliphatic heterocycles. The number of aromatic nitrogens is 1. The van der Waals surface area contributed by atoms with Crippen molar-refractivity contribution in [3.05, 3.63) is 42.2 Å². The molecule has 0 saturated carbocycles. The van der Waals surface area contributed by atoms with Crippen LogP contribution in [-0.4, -0.2) is 48.6 Å². The maximum atomic E-state index is 4.24. The summed E-state index contributed by atoms with van der Waals surface area (Å²) in [6, 6.07) is 5.16. The summed E-state index contributed by atoms with van der Waals surface area (Å²) in [6.45, 7) is 11.6. The third-order valence-corrected chi connectivity index (χ3v) is 4.89. The van der Waals surface area contributed by atoms with Crippen LogP contribution in [0.2, 0.25) is 0 Å². The van der Waals surface area contributed by atoms with E-state index in [4.69, 9.17) is 0 Å². The Bertz CT molecular complexity index is 495. The lowest BCUT2D eigenvalue weighted by Crippen LogP contribution is -2.44. The van der Waals surface area contributed by atoms with Gasteiger partial charge in [-0.25, -0.2) is 5.43 Å². The first-order valence-electron chi connectivity index (χ1n) is 8.71. The smallest absolute Gasteiger partial charge is 0.0530 e. The Labute approximate surface area is 139 Å². The highest BCUT2D eigenvalue weighted by atomic mass is 15.4. The van der Waals surface area contributed by atoms with E-state index >= 15 is 0 Å². The second-order valence-electron chi connectivity index (χ2n) is 6.97. The van der Waals surface area contributed by atoms with Gasteiger partial charge in [0, 0.05) is 44.0 Å². The van der Waals surface area contributed by atoms with Gasteiger partial charge < -0.3 is 5.32 Å². The number of piperidine rings is 1. The van der Waals surface area contributed by atoms with E-state index in [1.54, 1.807) is 0 Å². The molecular weight excluding hydrogens is 286 g/mol. The number of nitrogens with one attached hydrogen (secondary N) is 3. The zero-order valence-electron chi connectivity index (χ0n) is 14.1. The minimum absolute atomic E-state index is 0.347. The topological polar surface area (TPSA) is 52.2 Å². The molecule has 5 nitrogen and oxygen atoms in total. The van der Waals surface area contributed by atoms with Crippen LogP contribution in [0.25, 0.3) is 0 Å². The zero-order chi connectivity index (χ0) is 16.1. The van der Waals surface area contributed by atoms with Crippen LogP contribution in [-0.2, 0) is 0 Å². The molecule has 0 aliphatic carbocycles. The van der Waals surface area contributed by atoms with Crippen molar-refractivity contribution in [2.24, 2.45) is 5.92 Å². The number of hydrazine groups is 1. The molecule has 126 valence electrons. The predicted molar refractivity (Wildman–Crippen MR) is 93.9 cm³/mol. The summed E-state index contributed by atoms with van der Waals surface area (Å²) in [7, 11) is 0. The lowest BCUT2D eigenvalue weighted by atomic mass is 9.95. The Morgan fingerprint density at radius 2 is 2.26 bits per heavy atom. The van der Waals surface area contributed by atoms with Gasteiger partial charge >= 0.3 is 0 Å². The van der Waals surface area contributed by atoms with Gasteiger partial charge in [0.05, 0.1) is 6.04 Å². The first kappa shape index (κ1) is 16.6. The number of hydrogen-bond donors (Lipinski definition) is 3. The van der Waals surface area contributed by atoms with Crippen molar-refractivity contribution >= 4 is 0 Å². The van der Waals surface area contributed by atoms with Gasteiger partial charge in [0.1, 0.15) is 0 Å². The Morgan fingerprint density at radius 3 is 2.96 bits per heavy atom. The summed E-state index contributed by atoms with van der Waals surface area (Å²) < 4.78 is 0. The van der Waals surface area contributed by atoms with Crippen LogP contribution in [0.4, 0.5) is 0 Å². The van der Waals surface area contributed by atoms with Crippen molar-refractivity contribution in [2.75, 3.05) is 32.7 Å². The SMILES string of the molecule is C=C(C)CN1CCC(NCC2CNNC2c2cccnc2)CC1. The molecule has 0 amide bonds. The lowest BCUT2D eigenvalue weighted by molar-refractivity contribution is 0.207. The van der Waals surface area contributed by atoms with E-state index in [0.717, 1.165) is 19.6 Å². The maximum absolute atomic E-state index is 4.24. The fourth-order valence-electron chi connectivity index (χ4n) is 3.64. The van der Waals surface area contributed by atoms with Crippen LogP contribution >= 0.6 is 0 Å². The van der Waals surface area contributed by atoms with Crippen molar-refractivity contribution in [3.8, 4) is 0 Å². The Balaban J connectivity index is 1.44. The summed E-state index contributed by atoms with van der Waals surface area (Å²) >= 11 is 0. The number of hydrogen-bond acceptors (Lipinski definition) is 5. The molecule has 1 aromatic heterocycles. The molecule has 2 fully saturated rings. The normalized spacial score (nSPS) is 26.5. The zero-order valence-corrected chi connectivity index (χ0v) is 14.1. The molecule has 0 bridgehead atoms. The fraction of sp³-hybridized carbons (Fsp3) is 0.611. The predicted octanol–water partition coefficient (Wildman–Crippen LogP) is 1.48. The van der Waals surface area contributed by atoms with Gasteiger partial charge in [-0.2, -0.15) is 0 Å². The van der Waals surface area contributed by atoms with Crippen LogP contribution in [0.3, 0.4) is 0 Å². The second-order valence-corrected chi connectivity index (χ2v) is 6.97. The van der Waals surface area contributed by atoms with Crippen LogP contribution in [0.1, 0.15) is 31.4 Å². The van der Waals surface area contributed by atoms with Gasteiger partial charge in [0.25, 0.3) is 0 Å². The van der Waals surface area contributed by atoms with Gasteiger partial charge in [0.2, 0.25) is 0 Å². The average molecular weight is 315 g/mol. The third kappa shape index (κ3) is 4.61. The number of likely N-dealkylation sites (tertiary alicyclic amines) is 1. The molecule has 5 heteroatoms. The van der Waals surface area contributed by atoms with E-state index in [9.17, 15) is 0 Å². The van der Waals surface area contributed by atoms with Crippen molar-refractivity contribution < 1.29 is 0 Å². The van der Waals surface area contributed by atoms with Crippen molar-refractivity contribution in [1.82, 2.24) is 26.1 Å². The van der Waals surface area contributed by atoms with Gasteiger partial charge in [-0.3, -0.25) is 15.3 Å². The molecule has 0 radical (unpaired) electrons. The van der Waals surface area contributed by atoms with Crippen molar-refractivity contribution in [3.63, 3.8) is 0 Å². The molecule has 3 heterocycles. The van der Waals surface area contributed by atoms with Crippen LogP contribution < -0.4 is 16.2 Å².